The molecule has 0 aliphatic heterocycles. The highest BCUT2D eigenvalue weighted by atomic mass is 19.1. The van der Waals surface area contributed by atoms with Crippen LogP contribution in [0.5, 0.6) is 0 Å². The molecule has 0 atom stereocenters. The molecule has 0 amide bonds. The molecule has 0 unspecified atom stereocenters. The fraction of sp³-hybridized carbons (Fsp3) is 0.0714. The monoisotopic (exact) mass is 275 g/mol. The first-order valence-electron chi connectivity index (χ1n) is 5.60. The van der Waals surface area contributed by atoms with Crippen molar-refractivity contribution < 1.29 is 23.8 Å². The van der Waals surface area contributed by atoms with Crippen molar-refractivity contribution in [1.82, 2.24) is 4.98 Å². The van der Waals surface area contributed by atoms with Gasteiger partial charge in [0.1, 0.15) is 5.82 Å². The molecule has 0 aliphatic rings. The number of carbonyl (C=O) groups is 2. The van der Waals surface area contributed by atoms with E-state index in [1.54, 1.807) is 0 Å². The number of halogens is 1. The lowest BCUT2D eigenvalue weighted by atomic mass is 10.1. The van der Waals surface area contributed by atoms with Gasteiger partial charge in [0.25, 0.3) is 0 Å². The zero-order valence-electron chi connectivity index (χ0n) is 10.5. The van der Waals surface area contributed by atoms with E-state index < -0.39 is 17.8 Å². The summed E-state index contributed by atoms with van der Waals surface area (Å²) in [7, 11) is 1.16. The van der Waals surface area contributed by atoms with Gasteiger partial charge in [0.2, 0.25) is 0 Å². The Balaban J connectivity index is 2.42. The van der Waals surface area contributed by atoms with Gasteiger partial charge < -0.3 is 9.84 Å². The Bertz CT molecular complexity index is 667. The third-order valence-electron chi connectivity index (χ3n) is 2.68. The summed E-state index contributed by atoms with van der Waals surface area (Å²) < 4.78 is 18.0. The molecule has 0 bridgehead atoms. The zero-order valence-corrected chi connectivity index (χ0v) is 10.5. The van der Waals surface area contributed by atoms with Crippen LogP contribution in [0.25, 0.3) is 11.3 Å². The van der Waals surface area contributed by atoms with Crippen molar-refractivity contribution in [3.8, 4) is 11.3 Å². The summed E-state index contributed by atoms with van der Waals surface area (Å²) in [5.74, 6) is -2.56. The summed E-state index contributed by atoms with van der Waals surface area (Å²) in [6.07, 6.45) is 1.19. The third kappa shape index (κ3) is 2.64. The van der Waals surface area contributed by atoms with Gasteiger partial charge in [0, 0.05) is 11.8 Å². The molecule has 5 nitrogen and oxygen atoms in total. The lowest BCUT2D eigenvalue weighted by Crippen LogP contribution is -2.04. The van der Waals surface area contributed by atoms with Crippen LogP contribution in [-0.2, 0) is 4.74 Å². The Hall–Kier alpha value is -2.76. The topological polar surface area (TPSA) is 76.5 Å². The Kier molecular flexibility index (Phi) is 3.74. The average Bonchev–Trinajstić information content (AvgIpc) is 2.47. The SMILES string of the molecule is COC(=O)c1cc(-c2ccc(C(=O)O)cn2)ccc1F. The number of esters is 1. The van der Waals surface area contributed by atoms with Crippen LogP contribution in [0.1, 0.15) is 20.7 Å². The van der Waals surface area contributed by atoms with Crippen molar-refractivity contribution in [2.24, 2.45) is 0 Å². The van der Waals surface area contributed by atoms with Gasteiger partial charge in [-0.2, -0.15) is 0 Å². The van der Waals surface area contributed by atoms with Crippen molar-refractivity contribution in [3.05, 3.63) is 53.5 Å². The van der Waals surface area contributed by atoms with Crippen LogP contribution in [-0.4, -0.2) is 29.1 Å². The maximum atomic E-state index is 13.5. The number of carboxylic acids is 1. The molecule has 0 fully saturated rings. The normalized spacial score (nSPS) is 10.1. The first-order chi connectivity index (χ1) is 9.52. The van der Waals surface area contributed by atoms with Gasteiger partial charge >= 0.3 is 11.9 Å². The fourth-order valence-corrected chi connectivity index (χ4v) is 1.64. The summed E-state index contributed by atoms with van der Waals surface area (Å²) in [6, 6.07) is 6.76. The van der Waals surface area contributed by atoms with Gasteiger partial charge in [0.05, 0.1) is 23.9 Å². The minimum absolute atomic E-state index is 0.0454. The number of pyridine rings is 1. The molecule has 2 rings (SSSR count). The highest BCUT2D eigenvalue weighted by Gasteiger charge is 2.14. The second kappa shape index (κ2) is 5.48. The van der Waals surface area contributed by atoms with E-state index in [0.29, 0.717) is 11.3 Å². The van der Waals surface area contributed by atoms with Gasteiger partial charge in [-0.25, -0.2) is 14.0 Å². The summed E-state index contributed by atoms with van der Waals surface area (Å²) in [6.45, 7) is 0. The molecule has 102 valence electrons. The van der Waals surface area contributed by atoms with Crippen LogP contribution in [0, 0.1) is 5.82 Å². The van der Waals surface area contributed by atoms with E-state index in [2.05, 4.69) is 9.72 Å². The molecule has 1 aromatic carbocycles. The summed E-state index contributed by atoms with van der Waals surface area (Å²) in [5.41, 5.74) is 0.766. The van der Waals surface area contributed by atoms with Gasteiger partial charge in [-0.15, -0.1) is 0 Å². The molecule has 1 aromatic heterocycles. The number of methoxy groups -OCH3 is 1. The Morgan fingerprint density at radius 3 is 2.55 bits per heavy atom. The molecule has 0 aliphatic carbocycles. The van der Waals surface area contributed by atoms with Crippen LogP contribution in [0.2, 0.25) is 0 Å². The Morgan fingerprint density at radius 1 is 1.25 bits per heavy atom. The molecule has 0 spiro atoms. The number of ether oxygens (including phenoxy) is 1. The smallest absolute Gasteiger partial charge is 0.340 e. The van der Waals surface area contributed by atoms with E-state index in [1.807, 2.05) is 0 Å². The van der Waals surface area contributed by atoms with Gasteiger partial charge in [-0.3, -0.25) is 4.98 Å². The molecule has 2 aromatic rings. The largest absolute Gasteiger partial charge is 0.478 e. The number of aromatic nitrogens is 1. The van der Waals surface area contributed by atoms with Gasteiger partial charge in [0.15, 0.2) is 0 Å². The van der Waals surface area contributed by atoms with Crippen LogP contribution < -0.4 is 0 Å². The number of aromatic carboxylic acids is 1. The molecule has 6 heteroatoms. The number of hydrogen-bond donors (Lipinski definition) is 1. The zero-order chi connectivity index (χ0) is 14.7. The van der Waals surface area contributed by atoms with Crippen molar-refractivity contribution in [1.29, 1.82) is 0 Å². The fourth-order valence-electron chi connectivity index (χ4n) is 1.64. The quantitative estimate of drug-likeness (QED) is 0.870. The standard InChI is InChI=1S/C14H10FNO4/c1-20-14(19)10-6-8(2-4-11(10)15)12-5-3-9(7-16-12)13(17)18/h2-7H,1H3,(H,17,18). The maximum Gasteiger partial charge on any atom is 0.340 e. The maximum absolute atomic E-state index is 13.5. The number of hydrogen-bond acceptors (Lipinski definition) is 4. The highest BCUT2D eigenvalue weighted by molar-refractivity contribution is 5.91. The van der Waals surface area contributed by atoms with Gasteiger partial charge in [-0.1, -0.05) is 0 Å². The predicted molar refractivity (Wildman–Crippen MR) is 67.9 cm³/mol. The second-order valence-corrected chi connectivity index (χ2v) is 3.92. The molecular weight excluding hydrogens is 265 g/mol. The lowest BCUT2D eigenvalue weighted by molar-refractivity contribution is 0.0594. The molecular formula is C14H10FNO4. The number of carboxylic acid groups (broad SMARTS) is 1. The van der Waals surface area contributed by atoms with Crippen molar-refractivity contribution in [2.75, 3.05) is 7.11 Å². The minimum Gasteiger partial charge on any atom is -0.478 e. The molecule has 20 heavy (non-hydrogen) atoms. The molecule has 1 heterocycles. The summed E-state index contributed by atoms with van der Waals surface area (Å²) in [4.78, 5) is 26.1. The van der Waals surface area contributed by atoms with Crippen molar-refractivity contribution in [3.63, 3.8) is 0 Å². The third-order valence-corrected chi connectivity index (χ3v) is 2.68. The lowest BCUT2D eigenvalue weighted by Gasteiger charge is -2.05. The van der Waals surface area contributed by atoms with Crippen LogP contribution in [0.15, 0.2) is 36.5 Å². The van der Waals surface area contributed by atoms with Crippen LogP contribution in [0.4, 0.5) is 4.39 Å². The van der Waals surface area contributed by atoms with Crippen molar-refractivity contribution >= 4 is 11.9 Å². The van der Waals surface area contributed by atoms with Gasteiger partial charge in [-0.05, 0) is 30.3 Å². The van der Waals surface area contributed by atoms with E-state index in [9.17, 15) is 14.0 Å². The molecule has 1 N–H and O–H groups in total. The van der Waals surface area contributed by atoms with Crippen LogP contribution in [0.3, 0.4) is 0 Å². The van der Waals surface area contributed by atoms with E-state index in [1.165, 1.54) is 30.5 Å². The van der Waals surface area contributed by atoms with Crippen molar-refractivity contribution in [2.45, 2.75) is 0 Å². The first kappa shape index (κ1) is 13.7. The van der Waals surface area contributed by atoms with E-state index >= 15 is 0 Å². The Labute approximate surface area is 113 Å². The van der Waals surface area contributed by atoms with E-state index in [-0.39, 0.29) is 11.1 Å². The number of benzene rings is 1. The summed E-state index contributed by atoms with van der Waals surface area (Å²) >= 11 is 0. The predicted octanol–water partition coefficient (Wildman–Crippen LogP) is 2.37. The minimum atomic E-state index is -1.08. The number of rotatable bonds is 3. The average molecular weight is 275 g/mol. The highest BCUT2D eigenvalue weighted by Crippen LogP contribution is 2.21. The molecule has 0 radical (unpaired) electrons. The van der Waals surface area contributed by atoms with Crippen LogP contribution >= 0.6 is 0 Å². The number of carbonyl (C=O) groups excluding carboxylic acids is 1. The van der Waals surface area contributed by atoms with E-state index in [0.717, 1.165) is 13.2 Å². The summed E-state index contributed by atoms with van der Waals surface area (Å²) in [5, 5.41) is 8.78. The molecule has 0 saturated heterocycles. The molecule has 0 saturated carbocycles. The second-order valence-electron chi connectivity index (χ2n) is 3.92. The number of nitrogens with zero attached hydrogens (tertiary/aromatic N) is 1. The van der Waals surface area contributed by atoms with E-state index in [4.69, 9.17) is 5.11 Å². The Morgan fingerprint density at radius 2 is 2.00 bits per heavy atom. The first-order valence-corrected chi connectivity index (χ1v) is 5.60.